The van der Waals surface area contributed by atoms with E-state index in [4.69, 9.17) is 9.47 Å². The van der Waals surface area contributed by atoms with E-state index in [-0.39, 0.29) is 42.5 Å². The Morgan fingerprint density at radius 3 is 2.47 bits per heavy atom. The third kappa shape index (κ3) is 3.35. The van der Waals surface area contributed by atoms with E-state index in [1.54, 1.807) is 19.9 Å². The zero-order valence-corrected chi connectivity index (χ0v) is 23.3. The van der Waals surface area contributed by atoms with Gasteiger partial charge in [-0.2, -0.15) is 0 Å². The molecule has 0 aromatic heterocycles. The Morgan fingerprint density at radius 2 is 1.84 bits per heavy atom. The average Bonchev–Trinajstić information content (AvgIpc) is 3.07. The Kier molecular flexibility index (Phi) is 6.33. The maximum Gasteiger partial charge on any atom is 0.333 e. The van der Waals surface area contributed by atoms with Crippen molar-refractivity contribution in [2.45, 2.75) is 110 Å². The molecule has 0 aromatic carbocycles. The summed E-state index contributed by atoms with van der Waals surface area (Å²) in [5.74, 6) is -2.32. The van der Waals surface area contributed by atoms with Crippen LogP contribution in [-0.2, 0) is 23.9 Å². The molecule has 0 spiro atoms. The molecule has 3 fully saturated rings. The molecule has 4 aliphatic carbocycles. The maximum atomic E-state index is 13.4. The Bertz CT molecular complexity index is 1130. The van der Waals surface area contributed by atoms with Gasteiger partial charge in [-0.25, -0.2) is 4.79 Å². The largest absolute Gasteiger partial charge is 0.459 e. The summed E-state index contributed by atoms with van der Waals surface area (Å²) in [6, 6.07) is 0. The molecule has 5 aliphatic rings. The Hall–Kier alpha value is -2.03. The molecule has 0 radical (unpaired) electrons. The van der Waals surface area contributed by atoms with Crippen LogP contribution >= 0.6 is 0 Å². The second-order valence-electron chi connectivity index (χ2n) is 13.2. The first kappa shape index (κ1) is 27.5. The van der Waals surface area contributed by atoms with Crippen molar-refractivity contribution in [2.75, 3.05) is 0 Å². The summed E-state index contributed by atoms with van der Waals surface area (Å²) in [5.41, 5.74) is -3.54. The molecule has 1 aliphatic heterocycles. The number of carbonyl (C=O) groups is 3. The summed E-state index contributed by atoms with van der Waals surface area (Å²) in [6.45, 7) is 10.8. The summed E-state index contributed by atoms with van der Waals surface area (Å²) >= 11 is 0. The van der Waals surface area contributed by atoms with Gasteiger partial charge in [0.2, 0.25) is 0 Å². The zero-order valence-electron chi connectivity index (χ0n) is 23.3. The van der Waals surface area contributed by atoms with E-state index in [9.17, 15) is 29.7 Å². The average molecular weight is 531 g/mol. The highest BCUT2D eigenvalue weighted by Gasteiger charge is 2.76. The van der Waals surface area contributed by atoms with E-state index in [1.807, 2.05) is 20.8 Å². The first-order valence-corrected chi connectivity index (χ1v) is 14.0. The van der Waals surface area contributed by atoms with Gasteiger partial charge in [0, 0.05) is 24.3 Å². The fourth-order valence-corrected chi connectivity index (χ4v) is 9.33. The number of hydrogen-bond donors (Lipinski definition) is 3. The van der Waals surface area contributed by atoms with Gasteiger partial charge >= 0.3 is 11.9 Å². The normalized spacial score (nSPS) is 49.1. The molecule has 3 saturated carbocycles. The Morgan fingerprint density at radius 1 is 1.16 bits per heavy atom. The molecular formula is C30H42O8. The first-order chi connectivity index (χ1) is 17.6. The molecule has 0 bridgehead atoms. The van der Waals surface area contributed by atoms with Gasteiger partial charge in [0.05, 0.1) is 11.5 Å². The molecule has 11 atom stereocenters. The van der Waals surface area contributed by atoms with Crippen molar-refractivity contribution in [1.82, 2.24) is 0 Å². The second kappa shape index (κ2) is 8.73. The van der Waals surface area contributed by atoms with Crippen LogP contribution in [0, 0.1) is 34.5 Å². The molecular weight excluding hydrogens is 488 g/mol. The number of carbonyl (C=O) groups excluding carboxylic acids is 3. The lowest BCUT2D eigenvalue weighted by Gasteiger charge is -2.65. The lowest BCUT2D eigenvalue weighted by Crippen LogP contribution is -2.74. The van der Waals surface area contributed by atoms with Gasteiger partial charge in [0.1, 0.15) is 23.4 Å². The highest BCUT2D eigenvalue weighted by Crippen LogP contribution is 2.70. The highest BCUT2D eigenvalue weighted by atomic mass is 16.6. The minimum absolute atomic E-state index is 0.0995. The molecule has 210 valence electrons. The molecule has 5 rings (SSSR count). The standard InChI is InChI=1S/C30H42O8/c1-15-12-22(38-26(34)16(15)2)17(3)20-14-25(37-18(4)31)30(36)21-13-24(33)29(35)10-7-8-23(32)28(29,6)19(21)9-11-27(20,30)5/h7-8,17,19-22,24-25,33,35-36H,9-14H2,1-6H3. The van der Waals surface area contributed by atoms with Crippen molar-refractivity contribution in [1.29, 1.82) is 0 Å². The van der Waals surface area contributed by atoms with Crippen molar-refractivity contribution in [3.05, 3.63) is 23.3 Å². The molecule has 0 saturated heterocycles. The molecule has 3 N–H and O–H groups in total. The number of ether oxygens (including phenoxy) is 2. The predicted octanol–water partition coefficient (Wildman–Crippen LogP) is 3.02. The first-order valence-electron chi connectivity index (χ1n) is 14.0. The number of ketones is 1. The summed E-state index contributed by atoms with van der Waals surface area (Å²) in [6.07, 6.45) is 3.06. The summed E-state index contributed by atoms with van der Waals surface area (Å²) < 4.78 is 11.7. The number of hydrogen-bond acceptors (Lipinski definition) is 8. The van der Waals surface area contributed by atoms with E-state index in [2.05, 4.69) is 0 Å². The van der Waals surface area contributed by atoms with Gasteiger partial charge in [0.15, 0.2) is 5.78 Å². The van der Waals surface area contributed by atoms with Crippen LogP contribution in [0.3, 0.4) is 0 Å². The van der Waals surface area contributed by atoms with E-state index in [0.717, 1.165) is 5.57 Å². The molecule has 8 heteroatoms. The third-order valence-electron chi connectivity index (χ3n) is 11.8. The van der Waals surface area contributed by atoms with E-state index in [0.29, 0.717) is 31.3 Å². The van der Waals surface area contributed by atoms with Gasteiger partial charge in [-0.15, -0.1) is 0 Å². The number of aliphatic hydroxyl groups excluding tert-OH is 1. The third-order valence-corrected chi connectivity index (χ3v) is 11.8. The zero-order chi connectivity index (χ0) is 28.0. The van der Waals surface area contributed by atoms with Gasteiger partial charge in [-0.3, -0.25) is 9.59 Å². The van der Waals surface area contributed by atoms with Crippen LogP contribution in [0.25, 0.3) is 0 Å². The number of allylic oxidation sites excluding steroid dienone is 1. The topological polar surface area (TPSA) is 130 Å². The number of aliphatic hydroxyl groups is 3. The van der Waals surface area contributed by atoms with Crippen molar-refractivity contribution in [3.63, 3.8) is 0 Å². The van der Waals surface area contributed by atoms with Crippen molar-refractivity contribution >= 4 is 17.7 Å². The minimum Gasteiger partial charge on any atom is -0.459 e. The van der Waals surface area contributed by atoms with E-state index >= 15 is 0 Å². The van der Waals surface area contributed by atoms with Crippen molar-refractivity contribution in [2.24, 2.45) is 34.5 Å². The molecule has 38 heavy (non-hydrogen) atoms. The molecule has 0 aromatic rings. The molecule has 1 heterocycles. The lowest BCUT2D eigenvalue weighted by molar-refractivity contribution is -0.279. The minimum atomic E-state index is -1.62. The Balaban J connectivity index is 1.57. The van der Waals surface area contributed by atoms with Crippen LogP contribution in [0.4, 0.5) is 0 Å². The number of esters is 2. The quantitative estimate of drug-likeness (QED) is 0.475. The van der Waals surface area contributed by atoms with Crippen LogP contribution < -0.4 is 0 Å². The number of fused-ring (bicyclic) bond motifs is 5. The van der Waals surface area contributed by atoms with Crippen LogP contribution in [0.5, 0.6) is 0 Å². The smallest absolute Gasteiger partial charge is 0.333 e. The maximum absolute atomic E-state index is 13.4. The molecule has 0 amide bonds. The van der Waals surface area contributed by atoms with E-state index in [1.165, 1.54) is 13.0 Å². The van der Waals surface area contributed by atoms with Crippen LogP contribution in [0.15, 0.2) is 23.3 Å². The lowest BCUT2D eigenvalue weighted by atomic mass is 9.41. The van der Waals surface area contributed by atoms with Crippen LogP contribution in [0.2, 0.25) is 0 Å². The Labute approximate surface area is 224 Å². The van der Waals surface area contributed by atoms with Crippen molar-refractivity contribution in [3.8, 4) is 0 Å². The monoisotopic (exact) mass is 530 g/mol. The second-order valence-corrected chi connectivity index (χ2v) is 13.2. The fraction of sp³-hybridized carbons (Fsp3) is 0.767. The highest BCUT2D eigenvalue weighted by molar-refractivity contribution is 5.97. The SMILES string of the molecule is CC(=O)OC1CC(C(C)C2CC(C)=C(C)C(=O)O2)C2(C)CCC3C(CC(O)C4(O)CC=CC(=O)C34C)C12O. The van der Waals surface area contributed by atoms with Gasteiger partial charge in [-0.1, -0.05) is 25.5 Å². The van der Waals surface area contributed by atoms with Crippen LogP contribution in [-0.4, -0.2) is 62.6 Å². The van der Waals surface area contributed by atoms with Crippen LogP contribution in [0.1, 0.15) is 80.1 Å². The van der Waals surface area contributed by atoms with Gasteiger partial charge < -0.3 is 24.8 Å². The van der Waals surface area contributed by atoms with Crippen molar-refractivity contribution < 1.29 is 39.2 Å². The number of rotatable bonds is 3. The fourth-order valence-electron chi connectivity index (χ4n) is 9.33. The summed E-state index contributed by atoms with van der Waals surface area (Å²) in [5, 5.41) is 35.8. The molecule has 8 nitrogen and oxygen atoms in total. The summed E-state index contributed by atoms with van der Waals surface area (Å²) in [7, 11) is 0. The van der Waals surface area contributed by atoms with Gasteiger partial charge in [-0.05, 0) is 82.6 Å². The van der Waals surface area contributed by atoms with Gasteiger partial charge in [0.25, 0.3) is 0 Å². The summed E-state index contributed by atoms with van der Waals surface area (Å²) in [4.78, 5) is 38.2. The number of cyclic esters (lactones) is 1. The molecule has 11 unspecified atom stereocenters. The van der Waals surface area contributed by atoms with E-state index < -0.39 is 52.0 Å². The predicted molar refractivity (Wildman–Crippen MR) is 137 cm³/mol.